The molecule has 2 heterocycles. The molecule has 1 fully saturated rings. The van der Waals surface area contributed by atoms with Crippen LogP contribution in [0.1, 0.15) is 30.4 Å². The standard InChI is InChI=1S/C15H16FN3/c1-10-9-14(11-4-6-12(16)7-5-11)19-15(18-10)13-3-2-8-17-13/h4-7,9,13,17H,2-3,8H2,1H3. The predicted octanol–water partition coefficient (Wildman–Crippen LogP) is 3.02. The average Bonchev–Trinajstić information content (AvgIpc) is 2.93. The third-order valence-corrected chi connectivity index (χ3v) is 3.38. The van der Waals surface area contributed by atoms with Crippen LogP contribution in [0.15, 0.2) is 30.3 Å². The molecule has 0 radical (unpaired) electrons. The van der Waals surface area contributed by atoms with Crippen LogP contribution in [-0.2, 0) is 0 Å². The Bertz CT molecular complexity index is 574. The molecule has 1 aliphatic rings. The van der Waals surface area contributed by atoms with Crippen molar-refractivity contribution >= 4 is 0 Å². The van der Waals surface area contributed by atoms with Crippen LogP contribution >= 0.6 is 0 Å². The van der Waals surface area contributed by atoms with E-state index >= 15 is 0 Å². The maximum Gasteiger partial charge on any atom is 0.146 e. The van der Waals surface area contributed by atoms with Crippen LogP contribution in [0.25, 0.3) is 11.3 Å². The number of hydrogen-bond acceptors (Lipinski definition) is 3. The van der Waals surface area contributed by atoms with Gasteiger partial charge in [0, 0.05) is 11.3 Å². The number of nitrogens with zero attached hydrogens (tertiary/aromatic N) is 2. The fourth-order valence-electron chi connectivity index (χ4n) is 2.42. The van der Waals surface area contributed by atoms with Gasteiger partial charge in [-0.1, -0.05) is 0 Å². The first-order chi connectivity index (χ1) is 9.22. The predicted molar refractivity (Wildman–Crippen MR) is 72.1 cm³/mol. The molecular weight excluding hydrogens is 241 g/mol. The van der Waals surface area contributed by atoms with Gasteiger partial charge in [0.1, 0.15) is 11.6 Å². The van der Waals surface area contributed by atoms with Crippen molar-refractivity contribution in [1.82, 2.24) is 15.3 Å². The number of hydrogen-bond donors (Lipinski definition) is 1. The van der Waals surface area contributed by atoms with Crippen molar-refractivity contribution in [2.75, 3.05) is 6.54 Å². The van der Waals surface area contributed by atoms with E-state index in [1.165, 1.54) is 12.1 Å². The lowest BCUT2D eigenvalue weighted by Gasteiger charge is -2.11. The van der Waals surface area contributed by atoms with Crippen molar-refractivity contribution in [3.63, 3.8) is 0 Å². The van der Waals surface area contributed by atoms with Gasteiger partial charge in [-0.05, 0) is 56.6 Å². The third kappa shape index (κ3) is 2.63. The van der Waals surface area contributed by atoms with E-state index in [4.69, 9.17) is 0 Å². The zero-order valence-corrected chi connectivity index (χ0v) is 10.9. The van der Waals surface area contributed by atoms with E-state index in [1.54, 1.807) is 12.1 Å². The molecule has 0 saturated carbocycles. The minimum absolute atomic E-state index is 0.229. The Morgan fingerprint density at radius 1 is 1.21 bits per heavy atom. The van der Waals surface area contributed by atoms with Crippen molar-refractivity contribution < 1.29 is 4.39 Å². The number of rotatable bonds is 2. The second kappa shape index (κ2) is 5.05. The van der Waals surface area contributed by atoms with Crippen LogP contribution in [0.2, 0.25) is 0 Å². The highest BCUT2D eigenvalue weighted by Gasteiger charge is 2.19. The van der Waals surface area contributed by atoms with Gasteiger partial charge in [0.25, 0.3) is 0 Å². The summed E-state index contributed by atoms with van der Waals surface area (Å²) >= 11 is 0. The summed E-state index contributed by atoms with van der Waals surface area (Å²) in [5.41, 5.74) is 2.72. The van der Waals surface area contributed by atoms with Crippen molar-refractivity contribution in [3.8, 4) is 11.3 Å². The second-order valence-corrected chi connectivity index (χ2v) is 4.91. The summed E-state index contributed by atoms with van der Waals surface area (Å²) in [5, 5.41) is 3.40. The lowest BCUT2D eigenvalue weighted by molar-refractivity contribution is 0.603. The Morgan fingerprint density at radius 3 is 2.68 bits per heavy atom. The fraction of sp³-hybridized carbons (Fsp3) is 0.333. The molecule has 1 aromatic carbocycles. The van der Waals surface area contributed by atoms with E-state index in [-0.39, 0.29) is 11.9 Å². The molecule has 3 rings (SSSR count). The normalized spacial score (nSPS) is 18.7. The van der Waals surface area contributed by atoms with E-state index in [0.29, 0.717) is 0 Å². The molecular formula is C15H16FN3. The first-order valence-electron chi connectivity index (χ1n) is 6.57. The highest BCUT2D eigenvalue weighted by Crippen LogP contribution is 2.24. The zero-order valence-electron chi connectivity index (χ0n) is 10.9. The number of halogens is 1. The number of benzene rings is 1. The second-order valence-electron chi connectivity index (χ2n) is 4.91. The largest absolute Gasteiger partial charge is 0.307 e. The average molecular weight is 257 g/mol. The van der Waals surface area contributed by atoms with Crippen LogP contribution in [0, 0.1) is 12.7 Å². The summed E-state index contributed by atoms with van der Waals surface area (Å²) in [6.45, 7) is 2.99. The number of aromatic nitrogens is 2. The van der Waals surface area contributed by atoms with Crippen molar-refractivity contribution in [2.24, 2.45) is 0 Å². The summed E-state index contributed by atoms with van der Waals surface area (Å²) in [7, 11) is 0. The maximum atomic E-state index is 13.0. The van der Waals surface area contributed by atoms with E-state index < -0.39 is 0 Å². The SMILES string of the molecule is Cc1cc(-c2ccc(F)cc2)nc(C2CCCN2)n1. The first-order valence-corrected chi connectivity index (χ1v) is 6.57. The fourth-order valence-corrected chi connectivity index (χ4v) is 2.42. The molecule has 0 bridgehead atoms. The summed E-state index contributed by atoms with van der Waals surface area (Å²) < 4.78 is 13.0. The summed E-state index contributed by atoms with van der Waals surface area (Å²) in [5.74, 6) is 0.615. The molecule has 0 aliphatic carbocycles. The molecule has 1 N–H and O–H groups in total. The minimum Gasteiger partial charge on any atom is -0.307 e. The molecule has 19 heavy (non-hydrogen) atoms. The Kier molecular flexibility index (Phi) is 3.25. The molecule has 4 heteroatoms. The zero-order chi connectivity index (χ0) is 13.2. The van der Waals surface area contributed by atoms with E-state index in [0.717, 1.165) is 42.2 Å². The molecule has 0 amide bonds. The van der Waals surface area contributed by atoms with Crippen molar-refractivity contribution in [1.29, 1.82) is 0 Å². The van der Waals surface area contributed by atoms with Gasteiger partial charge in [-0.25, -0.2) is 14.4 Å². The van der Waals surface area contributed by atoms with Crippen molar-refractivity contribution in [3.05, 3.63) is 47.7 Å². The molecule has 2 aromatic rings. The number of aryl methyl sites for hydroxylation is 1. The van der Waals surface area contributed by atoms with E-state index in [2.05, 4.69) is 15.3 Å². The topological polar surface area (TPSA) is 37.8 Å². The molecule has 1 saturated heterocycles. The molecule has 0 spiro atoms. The molecule has 1 aromatic heterocycles. The highest BCUT2D eigenvalue weighted by atomic mass is 19.1. The summed E-state index contributed by atoms with van der Waals surface area (Å²) in [6.07, 6.45) is 2.24. The van der Waals surface area contributed by atoms with Crippen LogP contribution in [-0.4, -0.2) is 16.5 Å². The van der Waals surface area contributed by atoms with Crippen LogP contribution < -0.4 is 5.32 Å². The van der Waals surface area contributed by atoms with Gasteiger partial charge < -0.3 is 5.32 Å². The highest BCUT2D eigenvalue weighted by molar-refractivity contribution is 5.59. The lowest BCUT2D eigenvalue weighted by Crippen LogP contribution is -2.16. The van der Waals surface area contributed by atoms with Crippen LogP contribution in [0.4, 0.5) is 4.39 Å². The Morgan fingerprint density at radius 2 is 2.00 bits per heavy atom. The first kappa shape index (κ1) is 12.2. The molecule has 1 unspecified atom stereocenters. The lowest BCUT2D eigenvalue weighted by atomic mass is 10.1. The molecule has 3 nitrogen and oxygen atoms in total. The van der Waals surface area contributed by atoms with E-state index in [1.807, 2.05) is 13.0 Å². The Labute approximate surface area is 111 Å². The molecule has 98 valence electrons. The summed E-state index contributed by atoms with van der Waals surface area (Å²) in [4.78, 5) is 9.13. The smallest absolute Gasteiger partial charge is 0.146 e. The van der Waals surface area contributed by atoms with Gasteiger partial charge >= 0.3 is 0 Å². The molecule has 1 aliphatic heterocycles. The Balaban J connectivity index is 1.99. The van der Waals surface area contributed by atoms with Gasteiger partial charge in [0.05, 0.1) is 11.7 Å². The quantitative estimate of drug-likeness (QED) is 0.898. The summed E-state index contributed by atoms with van der Waals surface area (Å²) in [6, 6.07) is 8.61. The van der Waals surface area contributed by atoms with Crippen LogP contribution in [0.5, 0.6) is 0 Å². The van der Waals surface area contributed by atoms with Gasteiger partial charge in [0.15, 0.2) is 0 Å². The third-order valence-electron chi connectivity index (χ3n) is 3.38. The maximum absolute atomic E-state index is 13.0. The van der Waals surface area contributed by atoms with Gasteiger partial charge in [-0.2, -0.15) is 0 Å². The van der Waals surface area contributed by atoms with Crippen LogP contribution in [0.3, 0.4) is 0 Å². The van der Waals surface area contributed by atoms with Gasteiger partial charge in [-0.15, -0.1) is 0 Å². The van der Waals surface area contributed by atoms with Gasteiger partial charge in [-0.3, -0.25) is 0 Å². The minimum atomic E-state index is -0.229. The monoisotopic (exact) mass is 257 g/mol. The van der Waals surface area contributed by atoms with E-state index in [9.17, 15) is 4.39 Å². The molecule has 1 atom stereocenters. The van der Waals surface area contributed by atoms with Crippen molar-refractivity contribution in [2.45, 2.75) is 25.8 Å². The van der Waals surface area contributed by atoms with Gasteiger partial charge in [0.2, 0.25) is 0 Å². The Hall–Kier alpha value is -1.81. The number of nitrogens with one attached hydrogen (secondary N) is 1.